The Kier molecular flexibility index (Phi) is 7.18. The lowest BCUT2D eigenvalue weighted by Crippen LogP contribution is -2.49. The van der Waals surface area contributed by atoms with Crippen LogP contribution in [0.15, 0.2) is 34.3 Å². The van der Waals surface area contributed by atoms with Gasteiger partial charge in [-0.25, -0.2) is 4.79 Å². The standard InChI is InChI=1S/C21H25N5O6/c22-21-25-17-14(19(30)26-21)9-12(10-23-17)2-1-11-3-5-13(6-4-11)18(29)24-15(20(31)32)7-8-16(27)28/h3-6,12,14-15H,1-2,7-10H2,(H,24,29)(H,27,28)(H,31,32)(H3,22,23,25,26,30)/t12-,14?,15-/m0/s1. The summed E-state index contributed by atoms with van der Waals surface area (Å²) >= 11 is 0. The van der Waals surface area contributed by atoms with Gasteiger partial charge < -0.3 is 21.3 Å². The van der Waals surface area contributed by atoms with E-state index in [4.69, 9.17) is 15.9 Å². The van der Waals surface area contributed by atoms with E-state index < -0.39 is 23.9 Å². The average molecular weight is 443 g/mol. The molecule has 0 aliphatic carbocycles. The van der Waals surface area contributed by atoms with Crippen molar-refractivity contribution in [2.45, 2.75) is 38.1 Å². The second kappa shape index (κ2) is 10.0. The number of amides is 2. The van der Waals surface area contributed by atoms with Gasteiger partial charge in [-0.3, -0.25) is 24.7 Å². The molecule has 0 spiro atoms. The Morgan fingerprint density at radius 1 is 1.22 bits per heavy atom. The molecule has 2 amide bonds. The van der Waals surface area contributed by atoms with Gasteiger partial charge in [-0.15, -0.1) is 0 Å². The Hall–Kier alpha value is -3.76. The monoisotopic (exact) mass is 443 g/mol. The molecule has 1 unspecified atom stereocenters. The molecule has 0 saturated carbocycles. The third-order valence-electron chi connectivity index (χ3n) is 5.50. The normalized spacial score (nSPS) is 20.8. The number of fused-ring (bicyclic) bond motifs is 1. The maximum Gasteiger partial charge on any atom is 0.326 e. The summed E-state index contributed by atoms with van der Waals surface area (Å²) in [5.74, 6) is -2.77. The van der Waals surface area contributed by atoms with Crippen molar-refractivity contribution in [3.63, 3.8) is 0 Å². The molecule has 11 heteroatoms. The average Bonchev–Trinajstić information content (AvgIpc) is 2.75. The zero-order valence-electron chi connectivity index (χ0n) is 17.3. The van der Waals surface area contributed by atoms with Gasteiger partial charge in [0.15, 0.2) is 0 Å². The molecule has 170 valence electrons. The van der Waals surface area contributed by atoms with E-state index in [0.717, 1.165) is 18.4 Å². The van der Waals surface area contributed by atoms with Crippen molar-refractivity contribution in [2.75, 3.05) is 6.54 Å². The molecule has 1 aromatic carbocycles. The van der Waals surface area contributed by atoms with E-state index in [-0.39, 0.29) is 42.1 Å². The van der Waals surface area contributed by atoms with E-state index in [1.54, 1.807) is 24.3 Å². The molecule has 11 nitrogen and oxygen atoms in total. The number of nitrogens with one attached hydrogen (secondary N) is 2. The van der Waals surface area contributed by atoms with Crippen molar-refractivity contribution >= 4 is 35.5 Å². The van der Waals surface area contributed by atoms with Gasteiger partial charge in [0.25, 0.3) is 5.91 Å². The fourth-order valence-electron chi connectivity index (χ4n) is 3.72. The predicted molar refractivity (Wildman–Crippen MR) is 114 cm³/mol. The first-order valence-corrected chi connectivity index (χ1v) is 10.3. The Labute approximate surface area is 183 Å². The summed E-state index contributed by atoms with van der Waals surface area (Å²) in [5.41, 5.74) is 6.84. The van der Waals surface area contributed by atoms with Crippen molar-refractivity contribution in [3.8, 4) is 0 Å². The quantitative estimate of drug-likeness (QED) is 0.359. The number of benzene rings is 1. The second-order valence-corrected chi connectivity index (χ2v) is 7.87. The Morgan fingerprint density at radius 3 is 2.59 bits per heavy atom. The van der Waals surface area contributed by atoms with Gasteiger partial charge in [0.2, 0.25) is 11.9 Å². The predicted octanol–water partition coefficient (Wildman–Crippen LogP) is 0.146. The van der Waals surface area contributed by atoms with Gasteiger partial charge in [-0.1, -0.05) is 12.1 Å². The number of amidine groups is 1. The number of rotatable bonds is 9. The van der Waals surface area contributed by atoms with Crippen LogP contribution >= 0.6 is 0 Å². The number of hydrogen-bond donors (Lipinski definition) is 5. The molecule has 3 rings (SSSR count). The van der Waals surface area contributed by atoms with Gasteiger partial charge >= 0.3 is 11.9 Å². The van der Waals surface area contributed by atoms with E-state index in [1.165, 1.54) is 0 Å². The summed E-state index contributed by atoms with van der Waals surface area (Å²) in [5, 5.41) is 22.8. The van der Waals surface area contributed by atoms with Crippen LogP contribution < -0.4 is 16.4 Å². The molecule has 0 saturated heterocycles. The van der Waals surface area contributed by atoms with Gasteiger partial charge in [-0.05, 0) is 49.3 Å². The molecule has 32 heavy (non-hydrogen) atoms. The number of nitrogens with zero attached hydrogens (tertiary/aromatic N) is 2. The number of nitrogens with two attached hydrogens (primary N) is 1. The van der Waals surface area contributed by atoms with E-state index in [9.17, 15) is 19.2 Å². The molecule has 6 N–H and O–H groups in total. The molecule has 0 fully saturated rings. The summed E-state index contributed by atoms with van der Waals surface area (Å²) in [4.78, 5) is 54.8. The SMILES string of the molecule is NC1=NC2=NC[C@@H](CCc3ccc(C(=O)N[C@@H](CCC(=O)O)C(=O)O)cc3)CC2C(=O)N1. The summed E-state index contributed by atoms with van der Waals surface area (Å²) in [6, 6.07) is 5.51. The van der Waals surface area contributed by atoms with Crippen molar-refractivity contribution in [1.29, 1.82) is 0 Å². The van der Waals surface area contributed by atoms with Gasteiger partial charge in [-0.2, -0.15) is 4.99 Å². The highest BCUT2D eigenvalue weighted by atomic mass is 16.4. The van der Waals surface area contributed by atoms with Crippen LogP contribution in [-0.2, 0) is 20.8 Å². The molecule has 0 radical (unpaired) electrons. The lowest BCUT2D eigenvalue weighted by atomic mass is 9.85. The van der Waals surface area contributed by atoms with Crippen LogP contribution in [0.3, 0.4) is 0 Å². The molecule has 2 heterocycles. The minimum atomic E-state index is -1.28. The van der Waals surface area contributed by atoms with Crippen LogP contribution in [0.5, 0.6) is 0 Å². The number of aliphatic imine (C=N–C) groups is 2. The number of aliphatic carboxylic acids is 2. The van der Waals surface area contributed by atoms with Crippen LogP contribution in [0.25, 0.3) is 0 Å². The molecule has 3 atom stereocenters. The summed E-state index contributed by atoms with van der Waals surface area (Å²) in [6.07, 6.45) is 1.63. The zero-order chi connectivity index (χ0) is 23.3. The molecule has 0 aromatic heterocycles. The lowest BCUT2D eigenvalue weighted by Gasteiger charge is -2.29. The van der Waals surface area contributed by atoms with Crippen molar-refractivity contribution in [3.05, 3.63) is 35.4 Å². The number of guanidine groups is 1. The Morgan fingerprint density at radius 2 is 1.94 bits per heavy atom. The third-order valence-corrected chi connectivity index (χ3v) is 5.50. The zero-order valence-corrected chi connectivity index (χ0v) is 17.3. The Bertz CT molecular complexity index is 971. The van der Waals surface area contributed by atoms with Crippen LogP contribution in [0.1, 0.15) is 41.6 Å². The summed E-state index contributed by atoms with van der Waals surface area (Å²) in [6.45, 7) is 0.573. The fraction of sp³-hybridized carbons (Fsp3) is 0.429. The number of hydrogen-bond acceptors (Lipinski definition) is 7. The van der Waals surface area contributed by atoms with E-state index in [2.05, 4.69) is 20.6 Å². The number of carbonyl (C=O) groups is 4. The minimum Gasteiger partial charge on any atom is -0.481 e. The highest BCUT2D eigenvalue weighted by Gasteiger charge is 2.34. The van der Waals surface area contributed by atoms with Gasteiger partial charge in [0.1, 0.15) is 11.9 Å². The first-order chi connectivity index (χ1) is 15.2. The number of aryl methyl sites for hydroxylation is 1. The molecule has 2 aliphatic heterocycles. The first kappa shape index (κ1) is 22.9. The van der Waals surface area contributed by atoms with Crippen molar-refractivity contribution in [2.24, 2.45) is 27.6 Å². The van der Waals surface area contributed by atoms with Gasteiger partial charge in [0, 0.05) is 18.5 Å². The highest BCUT2D eigenvalue weighted by Crippen LogP contribution is 2.26. The lowest BCUT2D eigenvalue weighted by molar-refractivity contribution is -0.140. The van der Waals surface area contributed by atoms with Gasteiger partial charge in [0.05, 0.1) is 5.92 Å². The van der Waals surface area contributed by atoms with E-state index in [0.29, 0.717) is 18.8 Å². The van der Waals surface area contributed by atoms with Crippen LogP contribution in [-0.4, -0.2) is 58.3 Å². The molecule has 0 bridgehead atoms. The molecule has 2 aliphatic rings. The maximum atomic E-state index is 12.3. The summed E-state index contributed by atoms with van der Waals surface area (Å²) in [7, 11) is 0. The second-order valence-electron chi connectivity index (χ2n) is 7.87. The molecular formula is C21H25N5O6. The number of carboxylic acids is 2. The Balaban J connectivity index is 1.52. The molecular weight excluding hydrogens is 418 g/mol. The van der Waals surface area contributed by atoms with E-state index in [1.807, 2.05) is 0 Å². The van der Waals surface area contributed by atoms with E-state index >= 15 is 0 Å². The molecule has 1 aromatic rings. The van der Waals surface area contributed by atoms with Crippen LogP contribution in [0, 0.1) is 11.8 Å². The topological polar surface area (TPSA) is 184 Å². The van der Waals surface area contributed by atoms with Crippen molar-refractivity contribution < 1.29 is 29.4 Å². The first-order valence-electron chi connectivity index (χ1n) is 10.3. The fourth-order valence-corrected chi connectivity index (χ4v) is 3.72. The number of carboxylic acid groups (broad SMARTS) is 2. The minimum absolute atomic E-state index is 0.0733. The summed E-state index contributed by atoms with van der Waals surface area (Å²) < 4.78 is 0. The third kappa shape index (κ3) is 5.90. The maximum absolute atomic E-state index is 12.3. The number of carbonyl (C=O) groups excluding carboxylic acids is 2. The van der Waals surface area contributed by atoms with Crippen LogP contribution in [0.4, 0.5) is 0 Å². The highest BCUT2D eigenvalue weighted by molar-refractivity contribution is 6.16. The largest absolute Gasteiger partial charge is 0.481 e. The van der Waals surface area contributed by atoms with Crippen molar-refractivity contribution in [1.82, 2.24) is 10.6 Å². The van der Waals surface area contributed by atoms with Crippen LogP contribution in [0.2, 0.25) is 0 Å². The smallest absolute Gasteiger partial charge is 0.326 e.